The van der Waals surface area contributed by atoms with Crippen molar-refractivity contribution in [3.63, 3.8) is 0 Å². The van der Waals surface area contributed by atoms with Gasteiger partial charge in [-0.3, -0.25) is 0 Å². The number of hydrogen-bond donors (Lipinski definition) is 2. The van der Waals surface area contributed by atoms with Crippen LogP contribution < -0.4 is 11.5 Å². The van der Waals surface area contributed by atoms with E-state index in [-0.39, 0.29) is 17.8 Å². The summed E-state index contributed by atoms with van der Waals surface area (Å²) in [4.78, 5) is 14.6. The summed E-state index contributed by atoms with van der Waals surface area (Å²) < 4.78 is 4.55. The first kappa shape index (κ1) is 8.18. The molecule has 0 unspecified atom stereocenters. The normalized spacial score (nSPS) is 10.4. The number of aliphatic imine (C=N–C) groups is 1. The average molecular weight is 168 g/mol. The molecule has 0 aliphatic rings. The minimum Gasteiger partial charge on any atom is -0.486 e. The predicted octanol–water partition coefficient (Wildman–Crippen LogP) is -0.658. The first-order chi connectivity index (χ1) is 5.72. The molecule has 0 spiro atoms. The smallest absolute Gasteiger partial charge is 0.258 e. The van der Waals surface area contributed by atoms with Crippen LogP contribution in [0.3, 0.4) is 0 Å². The minimum atomic E-state index is 0.0331. The number of rotatable bonds is 2. The highest BCUT2D eigenvalue weighted by molar-refractivity contribution is 5.52. The Kier molecular flexibility index (Phi) is 2.36. The molecule has 1 rings (SSSR count). The molecule has 0 aliphatic heterocycles. The molecule has 1 aromatic rings. The van der Waals surface area contributed by atoms with Crippen molar-refractivity contribution in [3.8, 4) is 0 Å². The van der Waals surface area contributed by atoms with Crippen molar-refractivity contribution in [1.29, 1.82) is 0 Å². The van der Waals surface area contributed by atoms with Crippen LogP contribution >= 0.6 is 0 Å². The van der Waals surface area contributed by atoms with Gasteiger partial charge in [0.1, 0.15) is 0 Å². The predicted molar refractivity (Wildman–Crippen MR) is 43.8 cm³/mol. The lowest BCUT2D eigenvalue weighted by molar-refractivity contribution is 0.423. The molecule has 64 valence electrons. The Hall–Kier alpha value is -1.92. The molecule has 0 saturated heterocycles. The zero-order valence-electron chi connectivity index (χ0n) is 6.43. The van der Waals surface area contributed by atoms with Gasteiger partial charge in [0.05, 0.1) is 7.11 Å². The second-order valence-electron chi connectivity index (χ2n) is 1.82. The van der Waals surface area contributed by atoms with Gasteiger partial charge in [0.2, 0.25) is 11.9 Å². The number of methoxy groups -OCH3 is 1. The highest BCUT2D eigenvalue weighted by atomic mass is 16.5. The van der Waals surface area contributed by atoms with E-state index in [0.717, 1.165) is 0 Å². The first-order valence-corrected chi connectivity index (χ1v) is 3.04. The van der Waals surface area contributed by atoms with Gasteiger partial charge in [0, 0.05) is 0 Å². The highest BCUT2D eigenvalue weighted by Gasteiger charge is 1.97. The molecule has 7 nitrogen and oxygen atoms in total. The molecule has 0 fully saturated rings. The molecule has 4 N–H and O–H groups in total. The van der Waals surface area contributed by atoms with Crippen molar-refractivity contribution in [2.24, 2.45) is 4.99 Å². The Bertz CT molecular complexity index is 278. The van der Waals surface area contributed by atoms with Gasteiger partial charge in [-0.2, -0.15) is 19.9 Å². The summed E-state index contributed by atoms with van der Waals surface area (Å²) in [6, 6.07) is 0. The molecule has 0 saturated carbocycles. The lowest BCUT2D eigenvalue weighted by Gasteiger charge is -1.95. The van der Waals surface area contributed by atoms with E-state index in [2.05, 4.69) is 24.7 Å². The van der Waals surface area contributed by atoms with Crippen LogP contribution in [0.5, 0.6) is 0 Å². The second kappa shape index (κ2) is 3.46. The quantitative estimate of drug-likeness (QED) is 0.448. The van der Waals surface area contributed by atoms with Crippen LogP contribution in [0, 0.1) is 0 Å². The van der Waals surface area contributed by atoms with E-state index in [9.17, 15) is 0 Å². The molecule has 0 aromatic carbocycles. The SMILES string of the molecule is COC=Nc1nc(N)nc(N)n1. The number of ether oxygens (including phenoxy) is 1. The van der Waals surface area contributed by atoms with Crippen LogP contribution in [-0.4, -0.2) is 28.5 Å². The summed E-state index contributed by atoms with van der Waals surface area (Å²) in [6.07, 6.45) is 1.17. The number of nitrogens with two attached hydrogens (primary N) is 2. The standard InChI is InChI=1S/C5H8N6O/c1-12-2-8-5-10-3(6)9-4(7)11-5/h2H,1H3,(H4,6,7,9,10,11). The summed E-state index contributed by atoms with van der Waals surface area (Å²) in [6.45, 7) is 0. The molecule has 7 heteroatoms. The number of aromatic nitrogens is 3. The minimum absolute atomic E-state index is 0.0331. The highest BCUT2D eigenvalue weighted by Crippen LogP contribution is 2.05. The van der Waals surface area contributed by atoms with Gasteiger partial charge >= 0.3 is 0 Å². The van der Waals surface area contributed by atoms with E-state index in [4.69, 9.17) is 11.5 Å². The van der Waals surface area contributed by atoms with Gasteiger partial charge in [-0.15, -0.1) is 0 Å². The Morgan fingerprint density at radius 2 is 1.83 bits per heavy atom. The molecule has 1 heterocycles. The third-order valence-corrected chi connectivity index (χ3v) is 0.932. The number of hydrogen-bond acceptors (Lipinski definition) is 7. The molecule has 12 heavy (non-hydrogen) atoms. The van der Waals surface area contributed by atoms with Crippen LogP contribution in [-0.2, 0) is 4.74 Å². The fraction of sp³-hybridized carbons (Fsp3) is 0.200. The van der Waals surface area contributed by atoms with Crippen molar-refractivity contribution < 1.29 is 4.74 Å². The Morgan fingerprint density at radius 3 is 2.33 bits per heavy atom. The zero-order chi connectivity index (χ0) is 8.97. The lowest BCUT2D eigenvalue weighted by Crippen LogP contribution is -2.01. The lowest BCUT2D eigenvalue weighted by atomic mass is 10.8. The van der Waals surface area contributed by atoms with Crippen LogP contribution in [0.15, 0.2) is 4.99 Å². The fourth-order valence-corrected chi connectivity index (χ4v) is 0.555. The molecule has 1 aromatic heterocycles. The van der Waals surface area contributed by atoms with Crippen LogP contribution in [0.2, 0.25) is 0 Å². The van der Waals surface area contributed by atoms with Crippen molar-refractivity contribution in [3.05, 3.63) is 0 Å². The Balaban J connectivity index is 2.93. The van der Waals surface area contributed by atoms with Crippen molar-refractivity contribution in [2.45, 2.75) is 0 Å². The molecule has 0 radical (unpaired) electrons. The molecular formula is C5H8N6O. The largest absolute Gasteiger partial charge is 0.486 e. The van der Waals surface area contributed by atoms with E-state index in [1.54, 1.807) is 0 Å². The average Bonchev–Trinajstić information content (AvgIpc) is 1.99. The van der Waals surface area contributed by atoms with E-state index in [1.165, 1.54) is 13.5 Å². The monoisotopic (exact) mass is 168 g/mol. The summed E-state index contributed by atoms with van der Waals surface area (Å²) in [5.41, 5.74) is 10.5. The first-order valence-electron chi connectivity index (χ1n) is 3.04. The van der Waals surface area contributed by atoms with Gasteiger partial charge in [-0.05, 0) is 0 Å². The molecule has 0 amide bonds. The Morgan fingerprint density at radius 1 is 1.25 bits per heavy atom. The number of nitrogen functional groups attached to an aromatic ring is 2. The Labute approximate surface area is 68.5 Å². The zero-order valence-corrected chi connectivity index (χ0v) is 6.43. The number of anilines is 2. The van der Waals surface area contributed by atoms with Crippen molar-refractivity contribution in [2.75, 3.05) is 18.6 Å². The maximum Gasteiger partial charge on any atom is 0.258 e. The summed E-state index contributed by atoms with van der Waals surface area (Å²) in [5, 5.41) is 0. The number of nitrogens with zero attached hydrogens (tertiary/aromatic N) is 4. The van der Waals surface area contributed by atoms with E-state index < -0.39 is 0 Å². The molecule has 0 atom stereocenters. The van der Waals surface area contributed by atoms with Crippen molar-refractivity contribution >= 4 is 24.2 Å². The summed E-state index contributed by atoms with van der Waals surface area (Å²) in [7, 11) is 1.46. The fourth-order valence-electron chi connectivity index (χ4n) is 0.555. The van der Waals surface area contributed by atoms with E-state index in [0.29, 0.717) is 0 Å². The van der Waals surface area contributed by atoms with E-state index >= 15 is 0 Å². The summed E-state index contributed by atoms with van der Waals surface area (Å²) >= 11 is 0. The third-order valence-electron chi connectivity index (χ3n) is 0.932. The van der Waals surface area contributed by atoms with Crippen molar-refractivity contribution in [1.82, 2.24) is 15.0 Å². The van der Waals surface area contributed by atoms with E-state index in [1.807, 2.05) is 0 Å². The van der Waals surface area contributed by atoms with Gasteiger partial charge in [0.15, 0.2) is 6.40 Å². The third kappa shape index (κ3) is 2.04. The van der Waals surface area contributed by atoms with Gasteiger partial charge in [0.25, 0.3) is 5.95 Å². The maximum absolute atomic E-state index is 5.27. The maximum atomic E-state index is 5.27. The second-order valence-corrected chi connectivity index (χ2v) is 1.82. The summed E-state index contributed by atoms with van der Waals surface area (Å²) in [5.74, 6) is 0.193. The van der Waals surface area contributed by atoms with Crippen LogP contribution in [0.25, 0.3) is 0 Å². The van der Waals surface area contributed by atoms with Gasteiger partial charge in [-0.25, -0.2) is 0 Å². The van der Waals surface area contributed by atoms with Gasteiger partial charge < -0.3 is 16.2 Å². The molecular weight excluding hydrogens is 160 g/mol. The van der Waals surface area contributed by atoms with Crippen LogP contribution in [0.1, 0.15) is 0 Å². The van der Waals surface area contributed by atoms with Crippen LogP contribution in [0.4, 0.5) is 17.8 Å². The molecule has 0 bridgehead atoms. The topological polar surface area (TPSA) is 112 Å². The van der Waals surface area contributed by atoms with Gasteiger partial charge in [-0.1, -0.05) is 0 Å². The molecule has 0 aliphatic carbocycles.